The molecule has 1 aromatic carbocycles. The third-order valence-electron chi connectivity index (χ3n) is 6.21. The Hall–Kier alpha value is -2.82. The van der Waals surface area contributed by atoms with Gasteiger partial charge in [0.2, 0.25) is 0 Å². The number of hydrogen-bond donors (Lipinski definition) is 2. The first-order valence-corrected chi connectivity index (χ1v) is 12.0. The van der Waals surface area contributed by atoms with E-state index in [-0.39, 0.29) is 30.2 Å². The Bertz CT molecular complexity index is 1140. The number of nitrogens with one attached hydrogen (secondary N) is 1. The third kappa shape index (κ3) is 5.45. The van der Waals surface area contributed by atoms with Crippen molar-refractivity contribution in [1.82, 2.24) is 30.1 Å². The topological polar surface area (TPSA) is 118 Å². The van der Waals surface area contributed by atoms with Gasteiger partial charge in [0.05, 0.1) is 31.9 Å². The summed E-state index contributed by atoms with van der Waals surface area (Å²) in [5.41, 5.74) is 1.21. The van der Waals surface area contributed by atoms with Gasteiger partial charge in [-0.25, -0.2) is 4.68 Å². The second-order valence-corrected chi connectivity index (χ2v) is 9.04. The number of aliphatic hydroxyl groups is 1. The molecular formula is C24H34N6O4. The predicted molar refractivity (Wildman–Crippen MR) is 128 cm³/mol. The molecular weight excluding hydrogens is 436 g/mol. The lowest BCUT2D eigenvalue weighted by Gasteiger charge is -2.33. The van der Waals surface area contributed by atoms with E-state index in [9.17, 15) is 9.90 Å². The van der Waals surface area contributed by atoms with E-state index in [0.29, 0.717) is 31.8 Å². The number of rotatable bonds is 11. The zero-order valence-corrected chi connectivity index (χ0v) is 20.1. The lowest BCUT2D eigenvalue weighted by molar-refractivity contribution is 0.0819. The Morgan fingerprint density at radius 2 is 2.21 bits per heavy atom. The zero-order chi connectivity index (χ0) is 24.1. The smallest absolute Gasteiger partial charge is 0.252 e. The van der Waals surface area contributed by atoms with E-state index in [2.05, 4.69) is 39.3 Å². The Morgan fingerprint density at radius 3 is 2.91 bits per heavy atom. The number of fused-ring (bicyclic) bond motifs is 1. The van der Waals surface area contributed by atoms with Crippen molar-refractivity contribution < 1.29 is 14.6 Å². The summed E-state index contributed by atoms with van der Waals surface area (Å²) in [5, 5.41) is 23.3. The van der Waals surface area contributed by atoms with Crippen LogP contribution >= 0.6 is 0 Å². The third-order valence-corrected chi connectivity index (χ3v) is 6.21. The molecule has 2 aromatic heterocycles. The lowest BCUT2D eigenvalue weighted by atomic mass is 10.00. The van der Waals surface area contributed by atoms with Crippen LogP contribution in [0.3, 0.4) is 0 Å². The first-order valence-electron chi connectivity index (χ1n) is 12.0. The van der Waals surface area contributed by atoms with Gasteiger partial charge in [0.15, 0.2) is 5.82 Å². The van der Waals surface area contributed by atoms with Crippen LogP contribution in [0.4, 0.5) is 0 Å². The van der Waals surface area contributed by atoms with Crippen LogP contribution in [0.15, 0.2) is 29.1 Å². The molecule has 0 spiro atoms. The minimum absolute atomic E-state index is 0.0451. The van der Waals surface area contributed by atoms with E-state index < -0.39 is 0 Å². The molecule has 0 aliphatic carbocycles. The van der Waals surface area contributed by atoms with Crippen LogP contribution in [0.5, 0.6) is 5.75 Å². The lowest BCUT2D eigenvalue weighted by Crippen LogP contribution is -2.37. The van der Waals surface area contributed by atoms with E-state index in [0.717, 1.165) is 41.9 Å². The number of tetrazole rings is 1. The fourth-order valence-corrected chi connectivity index (χ4v) is 4.69. The molecule has 0 radical (unpaired) electrons. The summed E-state index contributed by atoms with van der Waals surface area (Å²) in [6, 6.07) is 7.34. The van der Waals surface area contributed by atoms with Crippen molar-refractivity contribution in [3.05, 3.63) is 46.0 Å². The molecule has 1 fully saturated rings. The standard InChI is InChI=1S/C24H34N6O4/c1-4-33-19-7-8-21-17(13-19)12-18(24(32)25-21)14-29(9-10-31)22(16(2)3)23-26-27-28-30(23)15-20-6-5-11-34-20/h7-8,12-13,16,20,22,31H,4-6,9-11,14-15H2,1-3H3,(H,25,32). The number of nitrogens with zero attached hydrogens (tertiary/aromatic N) is 5. The van der Waals surface area contributed by atoms with Gasteiger partial charge in [-0.15, -0.1) is 5.10 Å². The number of H-pyrrole nitrogens is 1. The summed E-state index contributed by atoms with van der Waals surface area (Å²) in [6.07, 6.45) is 2.13. The summed E-state index contributed by atoms with van der Waals surface area (Å²) in [6.45, 7) is 8.75. The van der Waals surface area contributed by atoms with Gasteiger partial charge in [-0.05, 0) is 60.4 Å². The number of aromatic nitrogens is 5. The highest BCUT2D eigenvalue weighted by Crippen LogP contribution is 2.29. The molecule has 2 atom stereocenters. The minimum atomic E-state index is -0.187. The number of aliphatic hydroxyl groups excluding tert-OH is 1. The van der Waals surface area contributed by atoms with Gasteiger partial charge in [-0.3, -0.25) is 9.69 Å². The van der Waals surface area contributed by atoms with Crippen molar-refractivity contribution in [2.45, 2.75) is 58.8 Å². The molecule has 1 saturated heterocycles. The normalized spacial score (nSPS) is 17.2. The highest BCUT2D eigenvalue weighted by Gasteiger charge is 2.30. The quantitative estimate of drug-likeness (QED) is 0.438. The van der Waals surface area contributed by atoms with Crippen molar-refractivity contribution in [2.75, 3.05) is 26.4 Å². The number of hydrogen-bond acceptors (Lipinski definition) is 8. The van der Waals surface area contributed by atoms with Crippen molar-refractivity contribution >= 4 is 10.9 Å². The Labute approximate surface area is 198 Å². The predicted octanol–water partition coefficient (Wildman–Crippen LogP) is 2.28. The number of ether oxygens (including phenoxy) is 2. The molecule has 3 aromatic rings. The maximum atomic E-state index is 12.9. The first-order chi connectivity index (χ1) is 16.5. The Balaban J connectivity index is 1.65. The molecule has 2 unspecified atom stereocenters. The Kier molecular flexibility index (Phi) is 7.91. The van der Waals surface area contributed by atoms with Crippen LogP contribution < -0.4 is 10.3 Å². The zero-order valence-electron chi connectivity index (χ0n) is 20.1. The molecule has 34 heavy (non-hydrogen) atoms. The van der Waals surface area contributed by atoms with Gasteiger partial charge >= 0.3 is 0 Å². The summed E-state index contributed by atoms with van der Waals surface area (Å²) in [4.78, 5) is 18.0. The van der Waals surface area contributed by atoms with Gasteiger partial charge in [0, 0.05) is 36.2 Å². The second-order valence-electron chi connectivity index (χ2n) is 9.04. The molecule has 10 heteroatoms. The molecule has 0 bridgehead atoms. The van der Waals surface area contributed by atoms with E-state index in [1.54, 1.807) is 0 Å². The first kappa shape index (κ1) is 24.3. The van der Waals surface area contributed by atoms with Gasteiger partial charge in [-0.2, -0.15) is 0 Å². The molecule has 10 nitrogen and oxygen atoms in total. The van der Waals surface area contributed by atoms with Gasteiger partial charge < -0.3 is 19.6 Å². The largest absolute Gasteiger partial charge is 0.494 e. The van der Waals surface area contributed by atoms with Crippen LogP contribution in [0.25, 0.3) is 10.9 Å². The Morgan fingerprint density at radius 1 is 1.35 bits per heavy atom. The fraction of sp³-hybridized carbons (Fsp3) is 0.583. The average Bonchev–Trinajstić information content (AvgIpc) is 3.48. The molecule has 1 aliphatic rings. The highest BCUT2D eigenvalue weighted by atomic mass is 16.5. The monoisotopic (exact) mass is 470 g/mol. The maximum absolute atomic E-state index is 12.9. The maximum Gasteiger partial charge on any atom is 0.252 e. The van der Waals surface area contributed by atoms with Crippen LogP contribution in [-0.2, 0) is 17.8 Å². The van der Waals surface area contributed by atoms with Crippen LogP contribution in [0, 0.1) is 5.92 Å². The molecule has 0 saturated carbocycles. The van der Waals surface area contributed by atoms with Crippen molar-refractivity contribution in [3.8, 4) is 5.75 Å². The summed E-state index contributed by atoms with van der Waals surface area (Å²) in [5.74, 6) is 1.62. The van der Waals surface area contributed by atoms with E-state index in [4.69, 9.17) is 9.47 Å². The van der Waals surface area contributed by atoms with Crippen molar-refractivity contribution in [3.63, 3.8) is 0 Å². The summed E-state index contributed by atoms with van der Waals surface area (Å²) in [7, 11) is 0. The average molecular weight is 471 g/mol. The van der Waals surface area contributed by atoms with E-state index in [1.807, 2.05) is 35.9 Å². The summed E-state index contributed by atoms with van der Waals surface area (Å²) < 4.78 is 13.2. The molecule has 0 amide bonds. The van der Waals surface area contributed by atoms with Crippen molar-refractivity contribution in [2.24, 2.45) is 5.92 Å². The summed E-state index contributed by atoms with van der Waals surface area (Å²) >= 11 is 0. The van der Waals surface area contributed by atoms with Crippen molar-refractivity contribution in [1.29, 1.82) is 0 Å². The van der Waals surface area contributed by atoms with Crippen LogP contribution in [0.1, 0.15) is 51.0 Å². The molecule has 2 N–H and O–H groups in total. The van der Waals surface area contributed by atoms with Crippen LogP contribution in [-0.4, -0.2) is 67.7 Å². The molecule has 1 aliphatic heterocycles. The van der Waals surface area contributed by atoms with E-state index in [1.165, 1.54) is 0 Å². The molecule has 3 heterocycles. The second kappa shape index (κ2) is 11.1. The molecule has 184 valence electrons. The van der Waals surface area contributed by atoms with Gasteiger partial charge in [-0.1, -0.05) is 13.8 Å². The van der Waals surface area contributed by atoms with E-state index >= 15 is 0 Å². The number of pyridine rings is 1. The van der Waals surface area contributed by atoms with Crippen LogP contribution in [0.2, 0.25) is 0 Å². The SMILES string of the molecule is CCOc1ccc2[nH]c(=O)c(CN(CCO)C(c3nnnn3CC3CCCO3)C(C)C)cc2c1. The molecule has 4 rings (SSSR count). The van der Waals surface area contributed by atoms with Gasteiger partial charge in [0.1, 0.15) is 5.75 Å². The minimum Gasteiger partial charge on any atom is -0.494 e. The van der Waals surface area contributed by atoms with Gasteiger partial charge in [0.25, 0.3) is 5.56 Å². The number of aromatic amines is 1. The fourth-order valence-electron chi connectivity index (χ4n) is 4.69. The number of benzene rings is 1. The highest BCUT2D eigenvalue weighted by molar-refractivity contribution is 5.80.